The van der Waals surface area contributed by atoms with Gasteiger partial charge >= 0.3 is 10.2 Å². The first-order valence-corrected chi connectivity index (χ1v) is 8.75. The van der Waals surface area contributed by atoms with E-state index < -0.39 is 10.2 Å². The van der Waals surface area contributed by atoms with E-state index in [2.05, 4.69) is 29.7 Å². The van der Waals surface area contributed by atoms with E-state index in [0.717, 1.165) is 6.33 Å². The minimum atomic E-state index is -3.97. The smallest absolute Gasteiger partial charge is 0.322 e. The molecule has 2 rings (SSSR count). The van der Waals surface area contributed by atoms with Gasteiger partial charge in [0, 0.05) is 14.1 Å². The molecule has 0 aliphatic rings. The van der Waals surface area contributed by atoms with E-state index in [0.29, 0.717) is 11.4 Å². The Balaban J connectivity index is 2.14. The first-order chi connectivity index (χ1) is 12.3. The molecule has 0 atom stereocenters. The van der Waals surface area contributed by atoms with Crippen molar-refractivity contribution in [3.8, 4) is 11.6 Å². The molecular formula is C14H19N7O4S. The highest BCUT2D eigenvalue weighted by atomic mass is 32.2. The molecule has 0 saturated heterocycles. The number of methoxy groups -OCH3 is 2. The fraction of sp³-hybridized carbons (Fsp3) is 0.286. The SMILES string of the molecule is COc1ncnc(NS(=O)(=O)Nc2ccc(N=NN(C)C)cc2)c1OC. The lowest BCUT2D eigenvalue weighted by Crippen LogP contribution is -2.22. The van der Waals surface area contributed by atoms with Crippen LogP contribution in [0.4, 0.5) is 17.2 Å². The number of ether oxygens (including phenoxy) is 2. The molecule has 0 unspecified atom stereocenters. The van der Waals surface area contributed by atoms with Crippen molar-refractivity contribution in [1.29, 1.82) is 0 Å². The van der Waals surface area contributed by atoms with E-state index in [9.17, 15) is 8.42 Å². The normalized spacial score (nSPS) is 11.2. The summed E-state index contributed by atoms with van der Waals surface area (Å²) in [6.07, 6.45) is 1.16. The maximum Gasteiger partial charge on any atom is 0.322 e. The quantitative estimate of drug-likeness (QED) is 0.527. The van der Waals surface area contributed by atoms with E-state index in [1.54, 1.807) is 43.4 Å². The van der Waals surface area contributed by atoms with Crippen LogP contribution in [0.2, 0.25) is 0 Å². The maximum atomic E-state index is 12.3. The zero-order chi connectivity index (χ0) is 19.2. The van der Waals surface area contributed by atoms with E-state index in [1.807, 2.05) is 0 Å². The van der Waals surface area contributed by atoms with Crippen LogP contribution < -0.4 is 18.9 Å². The second kappa shape index (κ2) is 8.29. The van der Waals surface area contributed by atoms with Crippen LogP contribution in [0.1, 0.15) is 0 Å². The predicted molar refractivity (Wildman–Crippen MR) is 95.9 cm³/mol. The molecule has 12 heteroatoms. The lowest BCUT2D eigenvalue weighted by Gasteiger charge is -2.13. The average Bonchev–Trinajstić information content (AvgIpc) is 2.60. The molecule has 2 aromatic rings. The number of hydrogen-bond donors (Lipinski definition) is 2. The Kier molecular flexibility index (Phi) is 6.11. The number of rotatable bonds is 8. The second-order valence-electron chi connectivity index (χ2n) is 5.06. The Morgan fingerprint density at radius 1 is 1.04 bits per heavy atom. The van der Waals surface area contributed by atoms with Gasteiger partial charge in [-0.1, -0.05) is 5.22 Å². The average molecular weight is 381 g/mol. The molecule has 140 valence electrons. The molecule has 0 aliphatic heterocycles. The number of hydrogen-bond acceptors (Lipinski definition) is 8. The molecule has 26 heavy (non-hydrogen) atoms. The van der Waals surface area contributed by atoms with Gasteiger partial charge in [-0.15, -0.1) is 5.11 Å². The van der Waals surface area contributed by atoms with Crippen molar-refractivity contribution in [3.63, 3.8) is 0 Å². The lowest BCUT2D eigenvalue weighted by atomic mass is 10.3. The molecule has 0 radical (unpaired) electrons. The molecule has 0 aliphatic carbocycles. The second-order valence-corrected chi connectivity index (χ2v) is 6.47. The van der Waals surface area contributed by atoms with Crippen LogP contribution in [-0.4, -0.2) is 51.7 Å². The molecule has 2 N–H and O–H groups in total. The zero-order valence-corrected chi connectivity index (χ0v) is 15.5. The summed E-state index contributed by atoms with van der Waals surface area (Å²) in [5.41, 5.74) is 0.915. The molecule has 0 spiro atoms. The third-order valence-corrected chi connectivity index (χ3v) is 3.82. The summed E-state index contributed by atoms with van der Waals surface area (Å²) in [6.45, 7) is 0. The standard InChI is InChI=1S/C14H19N7O4S/c1-21(2)20-17-10-5-7-11(8-6-10)18-26(22,23)19-13-12(24-3)14(25-4)16-9-15-13/h5-9,18H,1-4H3,(H,15,16,19). The van der Waals surface area contributed by atoms with E-state index >= 15 is 0 Å². The molecule has 0 fully saturated rings. The van der Waals surface area contributed by atoms with Crippen molar-refractivity contribution in [2.45, 2.75) is 0 Å². The zero-order valence-electron chi connectivity index (χ0n) is 14.7. The van der Waals surface area contributed by atoms with Crippen LogP contribution >= 0.6 is 0 Å². The van der Waals surface area contributed by atoms with E-state index in [1.165, 1.54) is 14.2 Å². The van der Waals surface area contributed by atoms with Gasteiger partial charge in [0.2, 0.25) is 5.75 Å². The topological polar surface area (TPSA) is 130 Å². The molecule has 0 bridgehead atoms. The monoisotopic (exact) mass is 381 g/mol. The molecule has 0 saturated carbocycles. The Morgan fingerprint density at radius 3 is 2.31 bits per heavy atom. The number of nitrogens with zero attached hydrogens (tertiary/aromatic N) is 5. The van der Waals surface area contributed by atoms with Gasteiger partial charge in [0.15, 0.2) is 5.82 Å². The Bertz CT molecular complexity index is 869. The van der Waals surface area contributed by atoms with Crippen LogP contribution in [0.15, 0.2) is 40.9 Å². The van der Waals surface area contributed by atoms with Crippen molar-refractivity contribution in [3.05, 3.63) is 30.6 Å². The van der Waals surface area contributed by atoms with Crippen LogP contribution in [0, 0.1) is 0 Å². The molecule has 1 aromatic carbocycles. The predicted octanol–water partition coefficient (Wildman–Crippen LogP) is 1.82. The first-order valence-electron chi connectivity index (χ1n) is 7.27. The highest BCUT2D eigenvalue weighted by Crippen LogP contribution is 2.31. The van der Waals surface area contributed by atoms with Gasteiger partial charge in [-0.25, -0.2) is 9.71 Å². The Morgan fingerprint density at radius 2 is 1.73 bits per heavy atom. The van der Waals surface area contributed by atoms with Gasteiger partial charge in [0.25, 0.3) is 5.88 Å². The van der Waals surface area contributed by atoms with Crippen LogP contribution in [0.25, 0.3) is 0 Å². The molecule has 1 aromatic heterocycles. The lowest BCUT2D eigenvalue weighted by molar-refractivity contribution is 0.342. The van der Waals surface area contributed by atoms with Gasteiger partial charge in [0.05, 0.1) is 25.6 Å². The number of aromatic nitrogens is 2. The highest BCUT2D eigenvalue weighted by Gasteiger charge is 2.18. The molecule has 11 nitrogen and oxygen atoms in total. The van der Waals surface area contributed by atoms with E-state index in [-0.39, 0.29) is 17.4 Å². The number of nitrogens with one attached hydrogen (secondary N) is 2. The van der Waals surface area contributed by atoms with Crippen molar-refractivity contribution in [1.82, 2.24) is 15.0 Å². The van der Waals surface area contributed by atoms with Gasteiger partial charge in [-0.05, 0) is 24.3 Å². The third-order valence-electron chi connectivity index (χ3n) is 2.86. The summed E-state index contributed by atoms with van der Waals surface area (Å²) in [7, 11) is 2.26. The summed E-state index contributed by atoms with van der Waals surface area (Å²) >= 11 is 0. The first kappa shape index (κ1) is 19.2. The summed E-state index contributed by atoms with van der Waals surface area (Å²) in [6, 6.07) is 6.36. The number of benzene rings is 1. The van der Waals surface area contributed by atoms with Crippen molar-refractivity contribution in [2.75, 3.05) is 37.8 Å². The molecule has 0 amide bonds. The van der Waals surface area contributed by atoms with Crippen LogP contribution in [0.5, 0.6) is 11.6 Å². The van der Waals surface area contributed by atoms with Crippen LogP contribution in [0.3, 0.4) is 0 Å². The summed E-state index contributed by atoms with van der Waals surface area (Å²) in [4.78, 5) is 7.71. The molecule has 1 heterocycles. The minimum absolute atomic E-state index is 0.0525. The van der Waals surface area contributed by atoms with Crippen molar-refractivity contribution >= 4 is 27.4 Å². The Hall–Kier alpha value is -3.15. The maximum absolute atomic E-state index is 12.3. The van der Waals surface area contributed by atoms with Gasteiger partial charge in [-0.2, -0.15) is 13.4 Å². The largest absolute Gasteiger partial charge is 0.489 e. The van der Waals surface area contributed by atoms with Crippen LogP contribution in [-0.2, 0) is 10.2 Å². The van der Waals surface area contributed by atoms with E-state index in [4.69, 9.17) is 9.47 Å². The van der Waals surface area contributed by atoms with Crippen molar-refractivity contribution < 1.29 is 17.9 Å². The Labute approximate surface area is 151 Å². The molecular weight excluding hydrogens is 362 g/mol. The highest BCUT2D eigenvalue weighted by molar-refractivity contribution is 7.94. The van der Waals surface area contributed by atoms with Gasteiger partial charge < -0.3 is 9.47 Å². The van der Waals surface area contributed by atoms with Gasteiger partial charge in [0.1, 0.15) is 6.33 Å². The van der Waals surface area contributed by atoms with Gasteiger partial charge in [-0.3, -0.25) is 9.73 Å². The number of anilines is 2. The summed E-state index contributed by atoms with van der Waals surface area (Å²) < 4.78 is 39.4. The van der Waals surface area contributed by atoms with Crippen molar-refractivity contribution in [2.24, 2.45) is 10.3 Å². The minimum Gasteiger partial charge on any atom is -0.489 e. The summed E-state index contributed by atoms with van der Waals surface area (Å²) in [5, 5.41) is 9.37. The fourth-order valence-electron chi connectivity index (χ4n) is 1.80. The third kappa shape index (κ3) is 5.17. The summed E-state index contributed by atoms with van der Waals surface area (Å²) in [5.74, 6) is 0.124. The fourth-order valence-corrected chi connectivity index (χ4v) is 2.70.